The molecule has 0 fully saturated rings. The van der Waals surface area contributed by atoms with Gasteiger partial charge in [-0.15, -0.1) is 0 Å². The first-order valence-electron chi connectivity index (χ1n) is 4.40. The zero-order valence-corrected chi connectivity index (χ0v) is 8.71. The number of nitrogens with zero attached hydrogens (tertiary/aromatic N) is 2. The van der Waals surface area contributed by atoms with E-state index in [9.17, 15) is 4.79 Å². The molecule has 0 radical (unpaired) electrons. The van der Waals surface area contributed by atoms with Gasteiger partial charge in [0.1, 0.15) is 10.8 Å². The molecule has 2 heterocycles. The second kappa shape index (κ2) is 3.86. The second-order valence-corrected chi connectivity index (χ2v) is 3.16. The number of carbonyl (C=O) groups is 1. The maximum Gasteiger partial charge on any atom is 0.376 e. The lowest BCUT2D eigenvalue weighted by Gasteiger charge is -2.00. The van der Waals surface area contributed by atoms with Crippen LogP contribution in [0.2, 0.25) is 5.15 Å². The fourth-order valence-electron chi connectivity index (χ4n) is 1.19. The summed E-state index contributed by atoms with van der Waals surface area (Å²) >= 11 is 5.87. The van der Waals surface area contributed by atoms with Gasteiger partial charge in [0.25, 0.3) is 0 Å². The van der Waals surface area contributed by atoms with Crippen LogP contribution in [0.1, 0.15) is 17.5 Å². The molecular formula is C9H8ClN3O2. The molecule has 0 amide bonds. The summed E-state index contributed by atoms with van der Waals surface area (Å²) in [7, 11) is 0. The Kier molecular flexibility index (Phi) is 2.55. The molecule has 2 aromatic heterocycles. The van der Waals surface area contributed by atoms with Crippen molar-refractivity contribution in [2.24, 2.45) is 0 Å². The minimum absolute atomic E-state index is 0.0307. The average molecular weight is 226 g/mol. The minimum Gasteiger partial charge on any atom is -0.460 e. The molecule has 0 atom stereocenters. The summed E-state index contributed by atoms with van der Waals surface area (Å²) in [5.41, 5.74) is 0.526. The molecule has 0 aliphatic heterocycles. The minimum atomic E-state index is -0.573. The standard InChI is InChI=1S/C9H8ClN3O2/c1-2-15-9(14)8-12-6(10)5-3-4-11-7(5)13-8/h3-4H,2H2,1H3,(H,11,12,13). The first-order valence-corrected chi connectivity index (χ1v) is 4.78. The normalized spacial score (nSPS) is 10.5. The SMILES string of the molecule is CCOC(=O)c1nc(Cl)c2cc[nH]c2n1. The maximum absolute atomic E-state index is 11.3. The van der Waals surface area contributed by atoms with Crippen molar-refractivity contribution < 1.29 is 9.53 Å². The van der Waals surface area contributed by atoms with E-state index in [4.69, 9.17) is 16.3 Å². The fourth-order valence-corrected chi connectivity index (χ4v) is 1.42. The Morgan fingerprint density at radius 2 is 2.40 bits per heavy atom. The van der Waals surface area contributed by atoms with Crippen LogP contribution < -0.4 is 0 Å². The summed E-state index contributed by atoms with van der Waals surface area (Å²) in [5.74, 6) is -0.604. The lowest BCUT2D eigenvalue weighted by atomic mass is 10.4. The van der Waals surface area contributed by atoms with Crippen LogP contribution in [0.5, 0.6) is 0 Å². The van der Waals surface area contributed by atoms with Gasteiger partial charge in [-0.2, -0.15) is 0 Å². The predicted octanol–water partition coefficient (Wildman–Crippen LogP) is 1.79. The van der Waals surface area contributed by atoms with Gasteiger partial charge < -0.3 is 9.72 Å². The molecule has 0 aliphatic rings. The highest BCUT2D eigenvalue weighted by Crippen LogP contribution is 2.18. The zero-order valence-electron chi connectivity index (χ0n) is 7.95. The molecule has 2 rings (SSSR count). The quantitative estimate of drug-likeness (QED) is 0.625. The van der Waals surface area contributed by atoms with Gasteiger partial charge in [0.15, 0.2) is 0 Å². The number of hydrogen-bond acceptors (Lipinski definition) is 4. The van der Waals surface area contributed by atoms with Crippen molar-refractivity contribution in [2.75, 3.05) is 6.61 Å². The Labute approximate surface area is 90.4 Å². The summed E-state index contributed by atoms with van der Waals surface area (Å²) in [5, 5.41) is 0.925. The van der Waals surface area contributed by atoms with Crippen LogP contribution in [0.4, 0.5) is 0 Å². The van der Waals surface area contributed by atoms with Gasteiger partial charge in [-0.1, -0.05) is 11.6 Å². The van der Waals surface area contributed by atoms with Crippen LogP contribution in [0, 0.1) is 0 Å². The number of H-pyrrole nitrogens is 1. The molecule has 15 heavy (non-hydrogen) atoms. The Bertz CT molecular complexity index is 509. The lowest BCUT2D eigenvalue weighted by Crippen LogP contribution is -2.09. The Morgan fingerprint density at radius 3 is 3.13 bits per heavy atom. The van der Waals surface area contributed by atoms with Crippen molar-refractivity contribution in [3.63, 3.8) is 0 Å². The number of carbonyl (C=O) groups excluding carboxylic acids is 1. The number of aromatic nitrogens is 3. The van der Waals surface area contributed by atoms with Crippen LogP contribution in [0.15, 0.2) is 12.3 Å². The molecule has 0 aliphatic carbocycles. The third kappa shape index (κ3) is 1.78. The number of esters is 1. The van der Waals surface area contributed by atoms with Gasteiger partial charge in [-0.25, -0.2) is 14.8 Å². The number of rotatable bonds is 2. The van der Waals surface area contributed by atoms with Crippen molar-refractivity contribution in [1.82, 2.24) is 15.0 Å². The summed E-state index contributed by atoms with van der Waals surface area (Å²) in [6.45, 7) is 2.00. The third-order valence-electron chi connectivity index (χ3n) is 1.83. The van der Waals surface area contributed by atoms with E-state index in [0.717, 1.165) is 0 Å². The molecule has 6 heteroatoms. The lowest BCUT2D eigenvalue weighted by molar-refractivity contribution is 0.0512. The molecule has 0 aromatic carbocycles. The van der Waals surface area contributed by atoms with Crippen LogP contribution >= 0.6 is 11.6 Å². The summed E-state index contributed by atoms with van der Waals surface area (Å²) in [6, 6.07) is 1.74. The van der Waals surface area contributed by atoms with Crippen molar-refractivity contribution in [3.8, 4) is 0 Å². The molecule has 0 spiro atoms. The molecule has 0 saturated heterocycles. The number of halogens is 1. The number of ether oxygens (including phenoxy) is 1. The van der Waals surface area contributed by atoms with Gasteiger partial charge in [-0.05, 0) is 13.0 Å². The molecule has 0 bridgehead atoms. The van der Waals surface area contributed by atoms with E-state index in [1.165, 1.54) is 0 Å². The number of hydrogen-bond donors (Lipinski definition) is 1. The van der Waals surface area contributed by atoms with Crippen molar-refractivity contribution in [3.05, 3.63) is 23.2 Å². The first-order chi connectivity index (χ1) is 7.22. The highest BCUT2D eigenvalue weighted by Gasteiger charge is 2.14. The van der Waals surface area contributed by atoms with Crippen molar-refractivity contribution in [1.29, 1.82) is 0 Å². The van der Waals surface area contributed by atoms with E-state index in [-0.39, 0.29) is 17.6 Å². The van der Waals surface area contributed by atoms with Gasteiger partial charge in [0, 0.05) is 6.20 Å². The molecule has 5 nitrogen and oxygen atoms in total. The highest BCUT2D eigenvalue weighted by molar-refractivity contribution is 6.34. The van der Waals surface area contributed by atoms with E-state index in [2.05, 4.69) is 15.0 Å². The van der Waals surface area contributed by atoms with Crippen molar-refractivity contribution >= 4 is 28.6 Å². The number of fused-ring (bicyclic) bond motifs is 1. The Morgan fingerprint density at radius 1 is 1.60 bits per heavy atom. The van der Waals surface area contributed by atoms with Crippen LogP contribution in [-0.4, -0.2) is 27.5 Å². The predicted molar refractivity (Wildman–Crippen MR) is 54.9 cm³/mol. The van der Waals surface area contributed by atoms with Crippen LogP contribution in [0.3, 0.4) is 0 Å². The van der Waals surface area contributed by atoms with E-state index in [1.54, 1.807) is 19.2 Å². The largest absolute Gasteiger partial charge is 0.460 e. The molecule has 0 unspecified atom stereocenters. The van der Waals surface area contributed by atoms with E-state index >= 15 is 0 Å². The zero-order chi connectivity index (χ0) is 10.8. The average Bonchev–Trinajstić information content (AvgIpc) is 2.66. The van der Waals surface area contributed by atoms with E-state index in [1.807, 2.05) is 0 Å². The Balaban J connectivity index is 2.49. The second-order valence-electron chi connectivity index (χ2n) is 2.80. The van der Waals surface area contributed by atoms with Gasteiger partial charge in [0.2, 0.25) is 5.82 Å². The summed E-state index contributed by atoms with van der Waals surface area (Å²) in [6.07, 6.45) is 1.68. The van der Waals surface area contributed by atoms with Gasteiger partial charge in [0.05, 0.1) is 12.0 Å². The highest BCUT2D eigenvalue weighted by atomic mass is 35.5. The monoisotopic (exact) mass is 225 g/mol. The van der Waals surface area contributed by atoms with Gasteiger partial charge in [-0.3, -0.25) is 0 Å². The molecule has 2 aromatic rings. The summed E-state index contributed by atoms with van der Waals surface area (Å²) in [4.78, 5) is 22.0. The van der Waals surface area contributed by atoms with E-state index in [0.29, 0.717) is 11.0 Å². The summed E-state index contributed by atoms with van der Waals surface area (Å²) < 4.78 is 4.77. The smallest absolute Gasteiger partial charge is 0.376 e. The molecular weight excluding hydrogens is 218 g/mol. The maximum atomic E-state index is 11.3. The number of nitrogens with one attached hydrogen (secondary N) is 1. The van der Waals surface area contributed by atoms with Crippen LogP contribution in [0.25, 0.3) is 11.0 Å². The fraction of sp³-hybridized carbons (Fsp3) is 0.222. The third-order valence-corrected chi connectivity index (χ3v) is 2.12. The molecule has 1 N–H and O–H groups in total. The van der Waals surface area contributed by atoms with Crippen molar-refractivity contribution in [2.45, 2.75) is 6.92 Å². The van der Waals surface area contributed by atoms with Crippen LogP contribution in [-0.2, 0) is 4.74 Å². The molecule has 0 saturated carbocycles. The van der Waals surface area contributed by atoms with E-state index < -0.39 is 5.97 Å². The first kappa shape index (κ1) is 9.92. The number of aromatic amines is 1. The Hall–Kier alpha value is -1.62. The molecule has 78 valence electrons. The topological polar surface area (TPSA) is 67.9 Å². The van der Waals surface area contributed by atoms with Gasteiger partial charge >= 0.3 is 5.97 Å².